The number of hydrogen-bond acceptors (Lipinski definition) is 2. The van der Waals surface area contributed by atoms with Gasteiger partial charge in [0.15, 0.2) is 0 Å². The second-order valence-corrected chi connectivity index (χ2v) is 5.80. The zero-order valence-corrected chi connectivity index (χ0v) is 13.2. The van der Waals surface area contributed by atoms with E-state index < -0.39 is 12.1 Å². The number of halogens is 1. The standard InChI is InChI=1S/C19H21FO2/c1-13(2)18(20)12-22-19(21)17-10-8-16(9-11-17)15-6-4-14(3)5-7-15/h4-11,13,18H,12H2,1-3H3. The SMILES string of the molecule is Cc1ccc(-c2ccc(C(=O)OCC(F)C(C)C)cc2)cc1. The molecule has 1 unspecified atom stereocenters. The number of rotatable bonds is 5. The zero-order chi connectivity index (χ0) is 16.1. The van der Waals surface area contributed by atoms with Crippen molar-refractivity contribution in [2.45, 2.75) is 26.9 Å². The molecule has 0 amide bonds. The Morgan fingerprint density at radius 3 is 2.00 bits per heavy atom. The number of hydrogen-bond donors (Lipinski definition) is 0. The molecule has 0 saturated carbocycles. The lowest BCUT2D eigenvalue weighted by Gasteiger charge is -2.12. The Kier molecular flexibility index (Phi) is 5.31. The van der Waals surface area contributed by atoms with Gasteiger partial charge in [0.25, 0.3) is 0 Å². The van der Waals surface area contributed by atoms with Crippen LogP contribution in [0.25, 0.3) is 11.1 Å². The first-order valence-electron chi connectivity index (χ1n) is 7.45. The molecular weight excluding hydrogens is 279 g/mol. The van der Waals surface area contributed by atoms with E-state index in [1.54, 1.807) is 26.0 Å². The molecule has 0 fully saturated rings. The Hall–Kier alpha value is -2.16. The largest absolute Gasteiger partial charge is 0.459 e. The Morgan fingerprint density at radius 2 is 1.50 bits per heavy atom. The molecule has 1 atom stereocenters. The highest BCUT2D eigenvalue weighted by molar-refractivity contribution is 5.90. The second kappa shape index (κ2) is 7.21. The molecule has 2 nitrogen and oxygen atoms in total. The van der Waals surface area contributed by atoms with E-state index >= 15 is 0 Å². The lowest BCUT2D eigenvalue weighted by atomic mass is 10.0. The lowest BCUT2D eigenvalue weighted by Crippen LogP contribution is -2.19. The van der Waals surface area contributed by atoms with Crippen molar-refractivity contribution in [2.75, 3.05) is 6.61 Å². The van der Waals surface area contributed by atoms with Crippen molar-refractivity contribution in [3.8, 4) is 11.1 Å². The van der Waals surface area contributed by atoms with E-state index in [0.29, 0.717) is 5.56 Å². The number of ether oxygens (including phenoxy) is 1. The fourth-order valence-electron chi connectivity index (χ4n) is 1.98. The van der Waals surface area contributed by atoms with Gasteiger partial charge >= 0.3 is 5.97 Å². The first kappa shape index (κ1) is 16.2. The predicted molar refractivity (Wildman–Crippen MR) is 86.6 cm³/mol. The number of esters is 1. The van der Waals surface area contributed by atoms with Gasteiger partial charge in [-0.15, -0.1) is 0 Å². The molecule has 3 heteroatoms. The van der Waals surface area contributed by atoms with Gasteiger partial charge in [-0.25, -0.2) is 9.18 Å². The number of carbonyl (C=O) groups excluding carboxylic acids is 1. The lowest BCUT2D eigenvalue weighted by molar-refractivity contribution is 0.0349. The minimum atomic E-state index is -1.13. The molecule has 0 spiro atoms. The monoisotopic (exact) mass is 300 g/mol. The van der Waals surface area contributed by atoms with Gasteiger partial charge in [0.1, 0.15) is 12.8 Å². The van der Waals surface area contributed by atoms with Crippen molar-refractivity contribution in [1.29, 1.82) is 0 Å². The Bertz CT molecular complexity index is 615. The van der Waals surface area contributed by atoms with E-state index in [9.17, 15) is 9.18 Å². The molecule has 0 saturated heterocycles. The summed E-state index contributed by atoms with van der Waals surface area (Å²) < 4.78 is 18.4. The topological polar surface area (TPSA) is 26.3 Å². The average Bonchev–Trinajstić information content (AvgIpc) is 2.53. The third-order valence-corrected chi connectivity index (χ3v) is 3.60. The van der Waals surface area contributed by atoms with Crippen molar-refractivity contribution in [3.05, 3.63) is 59.7 Å². The number of benzene rings is 2. The Labute approximate surface area is 130 Å². The molecule has 0 N–H and O–H groups in total. The van der Waals surface area contributed by atoms with Crippen molar-refractivity contribution in [1.82, 2.24) is 0 Å². The molecule has 0 heterocycles. The van der Waals surface area contributed by atoms with Gasteiger partial charge in [0.05, 0.1) is 5.56 Å². The van der Waals surface area contributed by atoms with Crippen LogP contribution in [-0.4, -0.2) is 18.7 Å². The highest BCUT2D eigenvalue weighted by atomic mass is 19.1. The Morgan fingerprint density at radius 1 is 1.00 bits per heavy atom. The first-order chi connectivity index (χ1) is 10.5. The summed E-state index contributed by atoms with van der Waals surface area (Å²) in [6, 6.07) is 15.3. The molecular formula is C19H21FO2. The van der Waals surface area contributed by atoms with Gasteiger partial charge in [0, 0.05) is 0 Å². The fourth-order valence-corrected chi connectivity index (χ4v) is 1.98. The summed E-state index contributed by atoms with van der Waals surface area (Å²) >= 11 is 0. The van der Waals surface area contributed by atoms with E-state index in [0.717, 1.165) is 11.1 Å². The maximum absolute atomic E-state index is 13.4. The summed E-state index contributed by atoms with van der Waals surface area (Å²) in [5, 5.41) is 0. The summed E-state index contributed by atoms with van der Waals surface area (Å²) in [5.41, 5.74) is 3.76. The van der Waals surface area contributed by atoms with Crippen LogP contribution in [0.5, 0.6) is 0 Å². The molecule has 0 aliphatic carbocycles. The van der Waals surface area contributed by atoms with Crippen LogP contribution in [0.1, 0.15) is 29.8 Å². The smallest absolute Gasteiger partial charge is 0.338 e. The Balaban J connectivity index is 2.02. The molecule has 2 rings (SSSR count). The summed E-state index contributed by atoms with van der Waals surface area (Å²) in [6.07, 6.45) is -1.13. The molecule has 2 aromatic rings. The minimum absolute atomic E-state index is 0.156. The van der Waals surface area contributed by atoms with Gasteiger partial charge in [0.2, 0.25) is 0 Å². The molecule has 0 aliphatic heterocycles. The normalized spacial score (nSPS) is 12.2. The van der Waals surface area contributed by atoms with E-state index in [2.05, 4.69) is 0 Å². The number of alkyl halides is 1. The van der Waals surface area contributed by atoms with E-state index in [-0.39, 0.29) is 12.5 Å². The first-order valence-corrected chi connectivity index (χ1v) is 7.45. The summed E-state index contributed by atoms with van der Waals surface area (Å²) in [6.45, 7) is 5.36. The molecule has 2 aromatic carbocycles. The minimum Gasteiger partial charge on any atom is -0.459 e. The molecule has 0 radical (unpaired) electrons. The average molecular weight is 300 g/mol. The van der Waals surface area contributed by atoms with Crippen LogP contribution in [0.3, 0.4) is 0 Å². The van der Waals surface area contributed by atoms with Crippen LogP contribution in [-0.2, 0) is 4.74 Å². The van der Waals surface area contributed by atoms with Crippen LogP contribution >= 0.6 is 0 Å². The van der Waals surface area contributed by atoms with Gasteiger partial charge in [-0.3, -0.25) is 0 Å². The maximum atomic E-state index is 13.4. The molecule has 0 bridgehead atoms. The summed E-state index contributed by atoms with van der Waals surface area (Å²) in [4.78, 5) is 11.9. The molecule has 0 aromatic heterocycles. The summed E-state index contributed by atoms with van der Waals surface area (Å²) in [5.74, 6) is -0.643. The predicted octanol–water partition coefficient (Wildman–Crippen LogP) is 4.81. The third kappa shape index (κ3) is 4.17. The number of carbonyl (C=O) groups is 1. The fraction of sp³-hybridized carbons (Fsp3) is 0.316. The highest BCUT2D eigenvalue weighted by Gasteiger charge is 2.15. The highest BCUT2D eigenvalue weighted by Crippen LogP contribution is 2.20. The van der Waals surface area contributed by atoms with Crippen LogP contribution in [0.15, 0.2) is 48.5 Å². The van der Waals surface area contributed by atoms with Crippen LogP contribution in [0, 0.1) is 12.8 Å². The van der Waals surface area contributed by atoms with Crippen LogP contribution < -0.4 is 0 Å². The third-order valence-electron chi connectivity index (χ3n) is 3.60. The summed E-state index contributed by atoms with van der Waals surface area (Å²) in [7, 11) is 0. The quantitative estimate of drug-likeness (QED) is 0.740. The molecule has 0 aliphatic rings. The molecule has 22 heavy (non-hydrogen) atoms. The van der Waals surface area contributed by atoms with Crippen molar-refractivity contribution >= 4 is 5.97 Å². The van der Waals surface area contributed by atoms with Gasteiger partial charge in [-0.05, 0) is 36.1 Å². The second-order valence-electron chi connectivity index (χ2n) is 5.80. The maximum Gasteiger partial charge on any atom is 0.338 e. The van der Waals surface area contributed by atoms with E-state index in [1.165, 1.54) is 5.56 Å². The van der Waals surface area contributed by atoms with Crippen molar-refractivity contribution in [3.63, 3.8) is 0 Å². The van der Waals surface area contributed by atoms with Crippen LogP contribution in [0.2, 0.25) is 0 Å². The van der Waals surface area contributed by atoms with Crippen molar-refractivity contribution < 1.29 is 13.9 Å². The zero-order valence-electron chi connectivity index (χ0n) is 13.2. The van der Waals surface area contributed by atoms with Crippen molar-refractivity contribution in [2.24, 2.45) is 5.92 Å². The molecule has 116 valence electrons. The number of aryl methyl sites for hydroxylation is 1. The van der Waals surface area contributed by atoms with Gasteiger partial charge in [-0.1, -0.05) is 55.8 Å². The van der Waals surface area contributed by atoms with Crippen LogP contribution in [0.4, 0.5) is 4.39 Å². The van der Waals surface area contributed by atoms with E-state index in [1.807, 2.05) is 43.3 Å². The van der Waals surface area contributed by atoms with Gasteiger partial charge < -0.3 is 4.74 Å². The van der Waals surface area contributed by atoms with E-state index in [4.69, 9.17) is 4.74 Å². The van der Waals surface area contributed by atoms with Gasteiger partial charge in [-0.2, -0.15) is 0 Å².